The fraction of sp³-hybridized carbons (Fsp3) is 0.420. The van der Waals surface area contributed by atoms with Gasteiger partial charge in [-0.3, -0.25) is 33.5 Å². The molecule has 68 heavy (non-hydrogen) atoms. The second-order valence-corrected chi connectivity index (χ2v) is 18.6. The van der Waals surface area contributed by atoms with Gasteiger partial charge in [0.2, 0.25) is 0 Å². The van der Waals surface area contributed by atoms with Gasteiger partial charge < -0.3 is 34.7 Å². The summed E-state index contributed by atoms with van der Waals surface area (Å²) in [7, 11) is 0. The van der Waals surface area contributed by atoms with Crippen molar-refractivity contribution in [1.29, 1.82) is 0 Å². The van der Waals surface area contributed by atoms with Gasteiger partial charge in [-0.25, -0.2) is 9.97 Å². The van der Waals surface area contributed by atoms with Gasteiger partial charge in [0.05, 0.1) is 36.6 Å². The molecule has 4 N–H and O–H groups in total. The summed E-state index contributed by atoms with van der Waals surface area (Å²) in [4.78, 5) is 65.0. The van der Waals surface area contributed by atoms with Gasteiger partial charge in [0.15, 0.2) is 22.9 Å². The number of rotatable bonds is 0. The molecule has 18 nitrogen and oxygen atoms in total. The largest absolute Gasteiger partial charge is 0.503 e. The fourth-order valence-electron chi connectivity index (χ4n) is 10.6. The van der Waals surface area contributed by atoms with Gasteiger partial charge in [0.25, 0.3) is 22.7 Å². The van der Waals surface area contributed by atoms with Crippen LogP contribution in [-0.4, -0.2) is 85.4 Å². The van der Waals surface area contributed by atoms with Gasteiger partial charge in [-0.1, -0.05) is 31.7 Å². The lowest BCUT2D eigenvalue weighted by Crippen LogP contribution is -2.38. The van der Waals surface area contributed by atoms with Crippen molar-refractivity contribution in [3.05, 3.63) is 134 Å². The van der Waals surface area contributed by atoms with E-state index in [4.69, 9.17) is 14.7 Å². The molecule has 10 bridgehead atoms. The summed E-state index contributed by atoms with van der Waals surface area (Å²) in [5, 5.41) is 37.0. The van der Waals surface area contributed by atoms with Gasteiger partial charge >= 0.3 is 0 Å². The first-order chi connectivity index (χ1) is 33.1. The Morgan fingerprint density at radius 3 is 1.97 bits per heavy atom. The van der Waals surface area contributed by atoms with Gasteiger partial charge in [0.1, 0.15) is 11.3 Å². The van der Waals surface area contributed by atoms with E-state index >= 15 is 0 Å². The number of aryl methyl sites for hydroxylation is 3. The number of pyridine rings is 3. The molecule has 0 atom stereocenters. The highest BCUT2D eigenvalue weighted by molar-refractivity contribution is 5.92. The average Bonchev–Trinajstić information content (AvgIpc) is 4.18. The molecule has 2 aliphatic carbocycles. The van der Waals surface area contributed by atoms with E-state index in [1.54, 1.807) is 6.20 Å². The van der Waals surface area contributed by atoms with E-state index in [9.17, 15) is 29.4 Å². The topological polar surface area (TPSA) is 226 Å². The first-order valence-electron chi connectivity index (χ1n) is 23.7. The highest BCUT2D eigenvalue weighted by atomic mass is 16.5. The van der Waals surface area contributed by atoms with Crippen LogP contribution in [-0.2, 0) is 54.7 Å². The van der Waals surface area contributed by atoms with Crippen LogP contribution in [0.4, 0.5) is 0 Å². The molecule has 5 aliphatic rings. The maximum absolute atomic E-state index is 13.0. The number of fused-ring (bicyclic) bond motifs is 14. The predicted octanol–water partition coefficient (Wildman–Crippen LogP) is 5.04. The molecule has 0 saturated heterocycles. The van der Waals surface area contributed by atoms with Crippen molar-refractivity contribution >= 4 is 33.9 Å². The number of carbonyl (C=O) groups excluding carboxylic acids is 2. The Hall–Kier alpha value is -7.21. The Morgan fingerprint density at radius 2 is 1.28 bits per heavy atom. The summed E-state index contributed by atoms with van der Waals surface area (Å²) in [5.74, 6) is -2.16. The lowest BCUT2D eigenvalue weighted by molar-refractivity contribution is 0.0925. The molecule has 12 rings (SSSR count). The maximum atomic E-state index is 13.0. The summed E-state index contributed by atoms with van der Waals surface area (Å²) in [6.45, 7) is 2.58. The van der Waals surface area contributed by atoms with E-state index in [0.717, 1.165) is 110 Å². The third-order valence-electron chi connectivity index (χ3n) is 14.1. The predicted molar refractivity (Wildman–Crippen MR) is 252 cm³/mol. The summed E-state index contributed by atoms with van der Waals surface area (Å²) in [6.07, 6.45) is 22.2. The van der Waals surface area contributed by atoms with Crippen molar-refractivity contribution in [2.24, 2.45) is 0 Å². The molecule has 0 aromatic carbocycles. The van der Waals surface area contributed by atoms with Crippen molar-refractivity contribution in [2.75, 3.05) is 19.8 Å². The second-order valence-electron chi connectivity index (χ2n) is 18.6. The zero-order valence-corrected chi connectivity index (χ0v) is 37.9. The lowest BCUT2D eigenvalue weighted by atomic mass is 9.97. The van der Waals surface area contributed by atoms with Crippen molar-refractivity contribution in [3.8, 4) is 11.5 Å². The van der Waals surface area contributed by atoms with Crippen LogP contribution in [0.5, 0.6) is 11.5 Å². The molecule has 0 unspecified atom stereocenters. The number of nitrogens with zero attached hydrogens (tertiary/aromatic N) is 9. The minimum atomic E-state index is -0.774. The summed E-state index contributed by atoms with van der Waals surface area (Å²) in [6, 6.07) is 14.3. The Labute approximate surface area is 391 Å². The standard InChI is InChI=1S/C26H26N6O3.C24H29N5O4/c33-21-15-31-16-26(10-1-2-11-26)32-13-9-17-5-6-19(29-24(17)32)7-8-20-18(4-3-12-27-20)14-28-25(35)22(30-31)23(21)34;30-19-15-28-16-24(7-1-2-8-24)29-10-6-18-13-17(14-26-22(18)29)5-3-11-33-12-4-9-25-23(32)20(27-28)21(19)31/h3-6,9,12-13,15,33H,1-2,7-8,10-11,14,16H2,(H,28,35);6,10,13-15,30H,1-5,7-9,11-12,16H2,(H,25,32). The number of hydrogen-bond donors (Lipinski definition) is 4. The third kappa shape index (κ3) is 8.87. The first-order valence-corrected chi connectivity index (χ1v) is 23.7. The first kappa shape index (κ1) is 44.6. The van der Waals surface area contributed by atoms with Crippen molar-refractivity contribution in [1.82, 2.24) is 54.3 Å². The van der Waals surface area contributed by atoms with E-state index in [0.29, 0.717) is 45.7 Å². The Bertz CT molecular complexity index is 3140. The Morgan fingerprint density at radius 1 is 0.647 bits per heavy atom. The number of hydrogen-bond acceptors (Lipinski definition) is 12. The van der Waals surface area contributed by atoms with Crippen molar-refractivity contribution in [3.63, 3.8) is 0 Å². The quantitative estimate of drug-likeness (QED) is 0.157. The zero-order valence-electron chi connectivity index (χ0n) is 37.9. The van der Waals surface area contributed by atoms with E-state index in [-0.39, 0.29) is 29.0 Å². The number of aromatic hydroxyl groups is 2. The minimum absolute atomic E-state index is 0.206. The molecular formula is C50H55N11O7. The lowest BCUT2D eigenvalue weighted by Gasteiger charge is -2.32. The smallest absolute Gasteiger partial charge is 0.276 e. The number of ether oxygens (including phenoxy) is 1. The van der Waals surface area contributed by atoms with Crippen molar-refractivity contribution in [2.45, 2.75) is 114 Å². The van der Waals surface area contributed by atoms with Crippen LogP contribution in [0, 0.1) is 0 Å². The Kier molecular flexibility index (Phi) is 12.3. The van der Waals surface area contributed by atoms with Gasteiger partial charge in [-0.05, 0) is 105 Å². The van der Waals surface area contributed by atoms with Crippen LogP contribution in [0.2, 0.25) is 0 Å². The minimum Gasteiger partial charge on any atom is -0.503 e. The Balaban J connectivity index is 0.000000159. The van der Waals surface area contributed by atoms with Crippen LogP contribution < -0.4 is 21.5 Å². The van der Waals surface area contributed by atoms with Crippen LogP contribution in [0.25, 0.3) is 22.1 Å². The highest BCUT2D eigenvalue weighted by Crippen LogP contribution is 2.42. The average molecular weight is 922 g/mol. The molecule has 7 aromatic heterocycles. The zero-order chi connectivity index (χ0) is 46.8. The van der Waals surface area contributed by atoms with Gasteiger partial charge in [-0.15, -0.1) is 0 Å². The highest BCUT2D eigenvalue weighted by Gasteiger charge is 2.39. The van der Waals surface area contributed by atoms with E-state index < -0.39 is 34.2 Å². The van der Waals surface area contributed by atoms with Crippen LogP contribution in [0.15, 0.2) is 89.2 Å². The summed E-state index contributed by atoms with van der Waals surface area (Å²) in [5.41, 5.74) is 2.99. The summed E-state index contributed by atoms with van der Waals surface area (Å²) >= 11 is 0. The number of carbonyl (C=O) groups is 2. The van der Waals surface area contributed by atoms with Crippen LogP contribution >= 0.6 is 0 Å². The van der Waals surface area contributed by atoms with E-state index in [1.807, 2.05) is 18.3 Å². The molecule has 10 heterocycles. The van der Waals surface area contributed by atoms with Crippen LogP contribution in [0.3, 0.4) is 0 Å². The monoisotopic (exact) mass is 921 g/mol. The number of aromatic nitrogens is 9. The molecule has 3 aliphatic heterocycles. The van der Waals surface area contributed by atoms with E-state index in [1.165, 1.54) is 27.3 Å². The number of nitrogens with one attached hydrogen (secondary N) is 2. The normalized spacial score (nSPS) is 18.5. The third-order valence-corrected chi connectivity index (χ3v) is 14.1. The molecule has 0 radical (unpaired) electrons. The van der Waals surface area contributed by atoms with E-state index in [2.05, 4.69) is 77.7 Å². The molecular weight excluding hydrogens is 867 g/mol. The van der Waals surface area contributed by atoms with Gasteiger partial charge in [-0.2, -0.15) is 10.2 Å². The molecule has 18 heteroatoms. The molecule has 2 spiro atoms. The van der Waals surface area contributed by atoms with Gasteiger partial charge in [0, 0.05) is 73.3 Å². The number of amides is 2. The summed E-state index contributed by atoms with van der Waals surface area (Å²) < 4.78 is 13.2. The van der Waals surface area contributed by atoms with Crippen molar-refractivity contribution < 1.29 is 24.5 Å². The fourth-order valence-corrected chi connectivity index (χ4v) is 10.6. The molecule has 2 saturated carbocycles. The molecule has 2 amide bonds. The second kappa shape index (κ2) is 18.8. The SMILES string of the molecule is O=C1NCCCOCCCc2cnc3c(ccn3C3(CCCC3)Cn3cc(O)c(=O)c1n3)c2.O=C1NCc2cccnc2CCc2ccc3ccn(c3n2)C2(CCCC2)Cn2cc(O)c(=O)c1n2. The molecule has 7 aromatic rings. The maximum Gasteiger partial charge on any atom is 0.276 e. The molecule has 2 fully saturated rings. The molecule has 352 valence electrons. The van der Waals surface area contributed by atoms with Crippen LogP contribution in [0.1, 0.15) is 108 Å².